The molecule has 0 saturated carbocycles. The van der Waals surface area contributed by atoms with Crippen molar-refractivity contribution in [2.45, 2.75) is 39.0 Å². The summed E-state index contributed by atoms with van der Waals surface area (Å²) in [5, 5.41) is 2.85. The molecular weight excluding hydrogens is 378 g/mol. The van der Waals surface area contributed by atoms with E-state index in [0.717, 1.165) is 36.6 Å². The zero-order chi connectivity index (χ0) is 20.4. The van der Waals surface area contributed by atoms with Gasteiger partial charge in [0.1, 0.15) is 12.3 Å². The number of sulfonamides is 1. The predicted molar refractivity (Wildman–Crippen MR) is 112 cm³/mol. The summed E-state index contributed by atoms with van der Waals surface area (Å²) in [6, 6.07) is 6.71. The van der Waals surface area contributed by atoms with Crippen molar-refractivity contribution in [3.8, 4) is 5.75 Å². The van der Waals surface area contributed by atoms with E-state index < -0.39 is 10.0 Å². The molecule has 0 aromatic heterocycles. The average molecular weight is 412 g/mol. The first-order valence-electron chi connectivity index (χ1n) is 10.1. The minimum absolute atomic E-state index is 0.226. The Balaban J connectivity index is 1.83. The van der Waals surface area contributed by atoms with E-state index in [2.05, 4.69) is 10.2 Å². The van der Waals surface area contributed by atoms with Crippen LogP contribution in [0.3, 0.4) is 0 Å². The van der Waals surface area contributed by atoms with Gasteiger partial charge in [-0.2, -0.15) is 0 Å². The summed E-state index contributed by atoms with van der Waals surface area (Å²) in [6.07, 6.45) is 7.08. The highest BCUT2D eigenvalue weighted by Gasteiger charge is 2.20. The largest absolute Gasteiger partial charge is 0.494 e. The van der Waals surface area contributed by atoms with Gasteiger partial charge in [-0.05, 0) is 70.1 Å². The number of nitrogens with one attached hydrogen (secondary N) is 1. The highest BCUT2D eigenvalue weighted by atomic mass is 32.2. The predicted octanol–water partition coefficient (Wildman–Crippen LogP) is 2.23. The third-order valence-electron chi connectivity index (χ3n) is 4.80. The number of carbonyl (C=O) groups is 1. The third kappa shape index (κ3) is 7.67. The van der Waals surface area contributed by atoms with E-state index in [0.29, 0.717) is 24.6 Å². The van der Waals surface area contributed by atoms with Gasteiger partial charge in [0, 0.05) is 6.54 Å². The number of benzene rings is 1. The smallest absolute Gasteiger partial charge is 0.240 e. The van der Waals surface area contributed by atoms with Gasteiger partial charge in [0.25, 0.3) is 0 Å². The van der Waals surface area contributed by atoms with Gasteiger partial charge in [0.05, 0.1) is 18.6 Å². The summed E-state index contributed by atoms with van der Waals surface area (Å²) in [7, 11) is -3.57. The van der Waals surface area contributed by atoms with E-state index in [1.807, 2.05) is 6.92 Å². The van der Waals surface area contributed by atoms with Crippen LogP contribution in [0.1, 0.15) is 39.0 Å². The lowest BCUT2D eigenvalue weighted by molar-refractivity contribution is -0.119. The normalized spacial score (nSPS) is 15.6. The third-order valence-corrected chi connectivity index (χ3v) is 5.94. The Morgan fingerprint density at radius 3 is 2.36 bits per heavy atom. The van der Waals surface area contributed by atoms with E-state index in [1.165, 1.54) is 25.7 Å². The van der Waals surface area contributed by atoms with Gasteiger partial charge in [0.15, 0.2) is 0 Å². The summed E-state index contributed by atoms with van der Waals surface area (Å²) in [5.74, 6) is 0.368. The standard InChI is InChI=1S/C20H33N3O4S/c1-3-27-19-11-9-18(10-12-19)23(28(2,25)26)17-20(24)21-13-8-16-22-14-6-4-5-7-15-22/h9-12H,3-8,13-17H2,1-2H3,(H,21,24). The number of amides is 1. The molecule has 7 nitrogen and oxygen atoms in total. The first-order chi connectivity index (χ1) is 13.4. The van der Waals surface area contributed by atoms with Crippen LogP contribution in [-0.2, 0) is 14.8 Å². The van der Waals surface area contributed by atoms with Crippen LogP contribution < -0.4 is 14.4 Å². The van der Waals surface area contributed by atoms with Crippen molar-refractivity contribution in [2.24, 2.45) is 0 Å². The van der Waals surface area contributed by atoms with Gasteiger partial charge in [-0.3, -0.25) is 9.10 Å². The van der Waals surface area contributed by atoms with Gasteiger partial charge in [-0.25, -0.2) is 8.42 Å². The van der Waals surface area contributed by atoms with E-state index in [-0.39, 0.29) is 12.5 Å². The summed E-state index contributed by atoms with van der Waals surface area (Å²) < 4.78 is 30.8. The number of hydrogen-bond donors (Lipinski definition) is 1. The van der Waals surface area contributed by atoms with Crippen LogP contribution in [0, 0.1) is 0 Å². The summed E-state index contributed by atoms with van der Waals surface area (Å²) in [4.78, 5) is 14.7. The Bertz CT molecular complexity index is 699. The molecule has 1 heterocycles. The zero-order valence-corrected chi connectivity index (χ0v) is 17.8. The maximum atomic E-state index is 12.3. The molecule has 1 fully saturated rings. The molecular formula is C20H33N3O4S. The van der Waals surface area contributed by atoms with Crippen LogP contribution >= 0.6 is 0 Å². The van der Waals surface area contributed by atoms with Crippen LogP contribution in [0.5, 0.6) is 5.75 Å². The van der Waals surface area contributed by atoms with Crippen molar-refractivity contribution in [3.63, 3.8) is 0 Å². The number of carbonyl (C=O) groups excluding carboxylic acids is 1. The first-order valence-corrected chi connectivity index (χ1v) is 11.9. The Morgan fingerprint density at radius 1 is 1.14 bits per heavy atom. The fourth-order valence-electron chi connectivity index (χ4n) is 3.35. The zero-order valence-electron chi connectivity index (χ0n) is 17.0. The molecule has 1 aliphatic rings. The maximum Gasteiger partial charge on any atom is 0.240 e. The molecule has 1 aromatic rings. The van der Waals surface area contributed by atoms with E-state index in [1.54, 1.807) is 24.3 Å². The Hall–Kier alpha value is -1.80. The number of hydrogen-bond acceptors (Lipinski definition) is 5. The fourth-order valence-corrected chi connectivity index (χ4v) is 4.21. The second-order valence-corrected chi connectivity index (χ2v) is 9.06. The molecule has 1 aliphatic heterocycles. The average Bonchev–Trinajstić information content (AvgIpc) is 2.92. The van der Waals surface area contributed by atoms with Crippen LogP contribution in [0.2, 0.25) is 0 Å². The van der Waals surface area contributed by atoms with Crippen molar-refractivity contribution >= 4 is 21.6 Å². The second kappa shape index (κ2) is 11.3. The first kappa shape index (κ1) is 22.5. The van der Waals surface area contributed by atoms with Gasteiger partial charge in [-0.1, -0.05) is 12.8 Å². The molecule has 1 saturated heterocycles. The van der Waals surface area contributed by atoms with Crippen LogP contribution in [-0.4, -0.2) is 64.8 Å². The topological polar surface area (TPSA) is 79.0 Å². The van der Waals surface area contributed by atoms with Crippen molar-refractivity contribution in [2.75, 3.05) is 49.9 Å². The maximum absolute atomic E-state index is 12.3. The molecule has 2 rings (SSSR count). The van der Waals surface area contributed by atoms with Gasteiger partial charge in [0.2, 0.25) is 15.9 Å². The lowest BCUT2D eigenvalue weighted by atomic mass is 10.2. The SMILES string of the molecule is CCOc1ccc(N(CC(=O)NCCCN2CCCCCC2)S(C)(=O)=O)cc1. The molecule has 0 bridgehead atoms. The molecule has 8 heteroatoms. The summed E-state index contributed by atoms with van der Waals surface area (Å²) >= 11 is 0. The molecule has 158 valence electrons. The summed E-state index contributed by atoms with van der Waals surface area (Å²) in [5.41, 5.74) is 0.450. The van der Waals surface area contributed by atoms with Crippen LogP contribution in [0.4, 0.5) is 5.69 Å². The minimum atomic E-state index is -3.57. The quantitative estimate of drug-likeness (QED) is 0.598. The van der Waals surface area contributed by atoms with E-state index in [9.17, 15) is 13.2 Å². The lowest BCUT2D eigenvalue weighted by Crippen LogP contribution is -2.41. The molecule has 0 spiro atoms. The van der Waals surface area contributed by atoms with Crippen molar-refractivity contribution < 1.29 is 17.9 Å². The monoisotopic (exact) mass is 411 g/mol. The second-order valence-electron chi connectivity index (χ2n) is 7.16. The Kier molecular flexibility index (Phi) is 9.05. The van der Waals surface area contributed by atoms with Gasteiger partial charge < -0.3 is 15.0 Å². The molecule has 1 amide bonds. The highest BCUT2D eigenvalue weighted by Crippen LogP contribution is 2.21. The van der Waals surface area contributed by atoms with Crippen LogP contribution in [0.15, 0.2) is 24.3 Å². The number of nitrogens with zero attached hydrogens (tertiary/aromatic N) is 2. The van der Waals surface area contributed by atoms with E-state index >= 15 is 0 Å². The summed E-state index contributed by atoms with van der Waals surface area (Å²) in [6.45, 7) is 5.98. The van der Waals surface area contributed by atoms with Gasteiger partial charge >= 0.3 is 0 Å². The number of rotatable bonds is 10. The van der Waals surface area contributed by atoms with E-state index in [4.69, 9.17) is 4.74 Å². The fraction of sp³-hybridized carbons (Fsp3) is 0.650. The van der Waals surface area contributed by atoms with Crippen molar-refractivity contribution in [1.82, 2.24) is 10.2 Å². The van der Waals surface area contributed by atoms with Gasteiger partial charge in [-0.15, -0.1) is 0 Å². The molecule has 0 unspecified atom stereocenters. The number of likely N-dealkylation sites (tertiary alicyclic amines) is 1. The Morgan fingerprint density at radius 2 is 1.79 bits per heavy atom. The lowest BCUT2D eigenvalue weighted by Gasteiger charge is -2.22. The van der Waals surface area contributed by atoms with Crippen LogP contribution in [0.25, 0.3) is 0 Å². The molecule has 0 aliphatic carbocycles. The minimum Gasteiger partial charge on any atom is -0.494 e. The van der Waals surface area contributed by atoms with Crippen molar-refractivity contribution in [1.29, 1.82) is 0 Å². The number of ether oxygens (including phenoxy) is 1. The highest BCUT2D eigenvalue weighted by molar-refractivity contribution is 7.92. The molecule has 28 heavy (non-hydrogen) atoms. The molecule has 1 aromatic carbocycles. The molecule has 0 atom stereocenters. The Labute approximate surface area is 169 Å². The molecule has 0 radical (unpaired) electrons. The van der Waals surface area contributed by atoms with Crippen molar-refractivity contribution in [3.05, 3.63) is 24.3 Å². The number of anilines is 1. The molecule has 1 N–H and O–H groups in total.